The summed E-state index contributed by atoms with van der Waals surface area (Å²) in [5, 5.41) is 26.0. The summed E-state index contributed by atoms with van der Waals surface area (Å²) in [6.45, 7) is 10.8. The Morgan fingerprint density at radius 2 is 2.08 bits per heavy atom. The molecule has 0 saturated heterocycles. The lowest BCUT2D eigenvalue weighted by Gasteiger charge is -2.26. The molecule has 0 saturated carbocycles. The summed E-state index contributed by atoms with van der Waals surface area (Å²) in [5.74, 6) is 2.59. The molecule has 0 amide bonds. The monoisotopic (exact) mass is 332 g/mol. The zero-order valence-corrected chi connectivity index (χ0v) is 15.1. The van der Waals surface area contributed by atoms with Gasteiger partial charge in [-0.15, -0.1) is 10.2 Å². The van der Waals surface area contributed by atoms with Gasteiger partial charge in [0.2, 0.25) is 0 Å². The Labute approximate surface area is 143 Å². The fourth-order valence-electron chi connectivity index (χ4n) is 3.49. The van der Waals surface area contributed by atoms with Crippen molar-refractivity contribution in [3.8, 4) is 0 Å². The summed E-state index contributed by atoms with van der Waals surface area (Å²) in [6, 6.07) is 0.422. The molecule has 2 aromatic heterocycles. The summed E-state index contributed by atoms with van der Waals surface area (Å²) in [6.07, 6.45) is 2.05. The van der Waals surface area contributed by atoms with E-state index < -0.39 is 0 Å². The van der Waals surface area contributed by atoms with E-state index in [9.17, 15) is 0 Å². The quantitative estimate of drug-likeness (QED) is 0.834. The molecule has 0 radical (unpaired) electrons. The minimum absolute atomic E-state index is 0.117. The van der Waals surface area contributed by atoms with Crippen molar-refractivity contribution in [1.82, 2.24) is 29.9 Å². The van der Waals surface area contributed by atoms with E-state index in [0.29, 0.717) is 18.5 Å². The van der Waals surface area contributed by atoms with Crippen LogP contribution in [0.25, 0.3) is 0 Å². The number of nitrogens with one attached hydrogen (secondary N) is 1. The second kappa shape index (κ2) is 7.03. The molecule has 1 atom stereocenters. The van der Waals surface area contributed by atoms with Gasteiger partial charge in [-0.05, 0) is 20.3 Å². The molecule has 0 aromatic carbocycles. The third-order valence-corrected chi connectivity index (χ3v) is 4.90. The lowest BCUT2D eigenvalue weighted by atomic mass is 10.1. The predicted octanol–water partition coefficient (Wildman–Crippen LogP) is 1.31. The van der Waals surface area contributed by atoms with E-state index in [4.69, 9.17) is 5.11 Å². The standard InChI is InChI=1S/C17H28N6O/c1-11(2)17-20-19-16-6-5-14(10-22(16)17)18-9-15-12(3)21-23(7-8-24)13(15)4/h11,14,18,24H,5-10H2,1-4H3/t14-/m1/s1. The van der Waals surface area contributed by atoms with Crippen LogP contribution in [-0.2, 0) is 26.1 Å². The normalized spacial score (nSPS) is 17.5. The van der Waals surface area contributed by atoms with Gasteiger partial charge in [-0.3, -0.25) is 4.68 Å². The van der Waals surface area contributed by atoms with Crippen LogP contribution >= 0.6 is 0 Å². The third kappa shape index (κ3) is 3.23. The van der Waals surface area contributed by atoms with Crippen LogP contribution in [0.5, 0.6) is 0 Å². The second-order valence-corrected chi connectivity index (χ2v) is 6.95. The summed E-state index contributed by atoms with van der Waals surface area (Å²) in [7, 11) is 0. The zero-order chi connectivity index (χ0) is 17.3. The Morgan fingerprint density at radius 1 is 1.29 bits per heavy atom. The van der Waals surface area contributed by atoms with Crippen molar-refractivity contribution in [3.63, 3.8) is 0 Å². The molecule has 3 heterocycles. The van der Waals surface area contributed by atoms with E-state index in [1.54, 1.807) is 0 Å². The van der Waals surface area contributed by atoms with Gasteiger partial charge in [0.05, 0.1) is 18.8 Å². The van der Waals surface area contributed by atoms with Crippen LogP contribution in [0, 0.1) is 13.8 Å². The number of hydrogen-bond acceptors (Lipinski definition) is 5. The van der Waals surface area contributed by atoms with Gasteiger partial charge in [0, 0.05) is 42.7 Å². The van der Waals surface area contributed by atoms with Gasteiger partial charge < -0.3 is 15.0 Å². The first-order valence-corrected chi connectivity index (χ1v) is 8.80. The smallest absolute Gasteiger partial charge is 0.135 e. The zero-order valence-electron chi connectivity index (χ0n) is 15.1. The van der Waals surface area contributed by atoms with Crippen LogP contribution in [0.1, 0.15) is 54.8 Å². The number of hydrogen-bond donors (Lipinski definition) is 2. The second-order valence-electron chi connectivity index (χ2n) is 6.95. The average Bonchev–Trinajstić information content (AvgIpc) is 3.08. The minimum atomic E-state index is 0.117. The van der Waals surface area contributed by atoms with Crippen molar-refractivity contribution in [1.29, 1.82) is 0 Å². The summed E-state index contributed by atoms with van der Waals surface area (Å²) < 4.78 is 4.17. The number of fused-ring (bicyclic) bond motifs is 1. The molecule has 0 bridgehead atoms. The fraction of sp³-hybridized carbons (Fsp3) is 0.706. The van der Waals surface area contributed by atoms with Gasteiger partial charge in [-0.1, -0.05) is 13.8 Å². The molecular weight excluding hydrogens is 304 g/mol. The molecule has 0 aliphatic carbocycles. The Balaban J connectivity index is 1.67. The van der Waals surface area contributed by atoms with Crippen LogP contribution in [-0.4, -0.2) is 42.3 Å². The molecule has 0 fully saturated rings. The van der Waals surface area contributed by atoms with E-state index in [-0.39, 0.29) is 6.61 Å². The average molecular weight is 332 g/mol. The number of nitrogens with zero attached hydrogens (tertiary/aromatic N) is 5. The largest absolute Gasteiger partial charge is 0.394 e. The van der Waals surface area contributed by atoms with Crippen molar-refractivity contribution in [2.24, 2.45) is 0 Å². The van der Waals surface area contributed by atoms with Crippen LogP contribution < -0.4 is 5.32 Å². The molecule has 2 aromatic rings. The van der Waals surface area contributed by atoms with Gasteiger partial charge >= 0.3 is 0 Å². The van der Waals surface area contributed by atoms with Gasteiger partial charge in [-0.25, -0.2) is 0 Å². The van der Waals surface area contributed by atoms with Crippen molar-refractivity contribution in [2.75, 3.05) is 6.61 Å². The number of aromatic nitrogens is 5. The van der Waals surface area contributed by atoms with Crippen LogP contribution in [0.4, 0.5) is 0 Å². The molecule has 2 N–H and O–H groups in total. The highest BCUT2D eigenvalue weighted by Gasteiger charge is 2.24. The van der Waals surface area contributed by atoms with Gasteiger partial charge in [0.15, 0.2) is 0 Å². The lowest BCUT2D eigenvalue weighted by molar-refractivity contribution is 0.267. The maximum atomic E-state index is 9.13. The molecule has 3 rings (SSSR count). The highest BCUT2D eigenvalue weighted by Crippen LogP contribution is 2.21. The lowest BCUT2D eigenvalue weighted by Crippen LogP contribution is -2.37. The van der Waals surface area contributed by atoms with Gasteiger partial charge in [0.1, 0.15) is 11.6 Å². The van der Waals surface area contributed by atoms with Crippen molar-refractivity contribution >= 4 is 0 Å². The van der Waals surface area contributed by atoms with Crippen molar-refractivity contribution in [3.05, 3.63) is 28.6 Å². The topological polar surface area (TPSA) is 80.8 Å². The van der Waals surface area contributed by atoms with Crippen molar-refractivity contribution in [2.45, 2.75) is 72.1 Å². The van der Waals surface area contributed by atoms with E-state index in [0.717, 1.165) is 49.0 Å². The van der Waals surface area contributed by atoms with E-state index in [1.807, 2.05) is 11.6 Å². The molecule has 0 spiro atoms. The fourth-order valence-corrected chi connectivity index (χ4v) is 3.49. The number of aliphatic hydroxyl groups is 1. The highest BCUT2D eigenvalue weighted by molar-refractivity contribution is 5.24. The molecule has 7 nitrogen and oxygen atoms in total. The van der Waals surface area contributed by atoms with Crippen LogP contribution in [0.15, 0.2) is 0 Å². The molecular formula is C17H28N6O. The maximum Gasteiger partial charge on any atom is 0.135 e. The molecule has 0 unspecified atom stereocenters. The summed E-state index contributed by atoms with van der Waals surface area (Å²) >= 11 is 0. The molecule has 1 aliphatic rings. The van der Waals surface area contributed by atoms with Gasteiger partial charge in [-0.2, -0.15) is 5.10 Å². The van der Waals surface area contributed by atoms with Crippen molar-refractivity contribution < 1.29 is 5.11 Å². The van der Waals surface area contributed by atoms with Gasteiger partial charge in [0.25, 0.3) is 0 Å². The van der Waals surface area contributed by atoms with Crippen LogP contribution in [0.2, 0.25) is 0 Å². The summed E-state index contributed by atoms with van der Waals surface area (Å²) in [5.41, 5.74) is 3.41. The molecule has 7 heteroatoms. The van der Waals surface area contributed by atoms with Crippen LogP contribution in [0.3, 0.4) is 0 Å². The Kier molecular flexibility index (Phi) is 5.01. The first-order chi connectivity index (χ1) is 11.5. The maximum absolute atomic E-state index is 9.13. The van der Waals surface area contributed by atoms with E-state index in [2.05, 4.69) is 46.0 Å². The first kappa shape index (κ1) is 17.1. The van der Waals surface area contributed by atoms with E-state index in [1.165, 1.54) is 5.56 Å². The molecule has 132 valence electrons. The molecule has 1 aliphatic heterocycles. The highest BCUT2D eigenvalue weighted by atomic mass is 16.3. The molecule has 24 heavy (non-hydrogen) atoms. The number of rotatable bonds is 6. The number of aryl methyl sites for hydroxylation is 2. The summed E-state index contributed by atoms with van der Waals surface area (Å²) in [4.78, 5) is 0. The minimum Gasteiger partial charge on any atom is -0.394 e. The SMILES string of the molecule is Cc1nn(CCO)c(C)c1CN[C@@H]1CCc2nnc(C(C)C)n2C1. The Morgan fingerprint density at radius 3 is 2.79 bits per heavy atom. The Hall–Kier alpha value is -1.73. The first-order valence-electron chi connectivity index (χ1n) is 8.80. The Bertz CT molecular complexity index is 702. The van der Waals surface area contributed by atoms with E-state index >= 15 is 0 Å². The predicted molar refractivity (Wildman–Crippen MR) is 91.8 cm³/mol. The number of aliphatic hydroxyl groups excluding tert-OH is 1. The third-order valence-electron chi connectivity index (χ3n) is 4.90.